The summed E-state index contributed by atoms with van der Waals surface area (Å²) in [5, 5.41) is 15.9. The number of aromatic hydroxyl groups is 1. The van der Waals surface area contributed by atoms with Crippen LogP contribution in [0.3, 0.4) is 0 Å². The summed E-state index contributed by atoms with van der Waals surface area (Å²) in [6.07, 6.45) is 1.83. The van der Waals surface area contributed by atoms with Gasteiger partial charge < -0.3 is 15.7 Å². The first-order valence-corrected chi connectivity index (χ1v) is 6.34. The van der Waals surface area contributed by atoms with Crippen molar-refractivity contribution in [2.45, 2.75) is 26.8 Å². The Balaban J connectivity index is 2.26. The molecule has 1 aromatic carbocycles. The fourth-order valence-corrected chi connectivity index (χ4v) is 1.77. The van der Waals surface area contributed by atoms with Crippen LogP contribution in [0.2, 0.25) is 0 Å². The molecule has 0 aliphatic heterocycles. The molecule has 0 saturated carbocycles. The van der Waals surface area contributed by atoms with Gasteiger partial charge in [-0.15, -0.1) is 0 Å². The predicted molar refractivity (Wildman–Crippen MR) is 79.1 cm³/mol. The maximum Gasteiger partial charge on any atom is 0.153 e. The largest absolute Gasteiger partial charge is 0.508 e. The molecular weight excluding hydrogens is 238 g/mol. The van der Waals surface area contributed by atoms with Crippen LogP contribution >= 0.6 is 0 Å². The first-order valence-electron chi connectivity index (χ1n) is 6.34. The van der Waals surface area contributed by atoms with Gasteiger partial charge in [0, 0.05) is 17.9 Å². The smallest absolute Gasteiger partial charge is 0.153 e. The molecule has 0 radical (unpaired) electrons. The molecule has 4 heteroatoms. The maximum atomic E-state index is 9.28. The fraction of sp³-hybridized carbons (Fsp3) is 0.267. The Morgan fingerprint density at radius 2 is 1.84 bits per heavy atom. The molecule has 19 heavy (non-hydrogen) atoms. The third-order valence-electron chi connectivity index (χ3n) is 2.60. The zero-order valence-corrected chi connectivity index (χ0v) is 11.4. The molecule has 0 unspecified atom stereocenters. The lowest BCUT2D eigenvalue weighted by Crippen LogP contribution is -2.12. The number of aryl methyl sites for hydroxylation is 1. The first kappa shape index (κ1) is 13.2. The summed E-state index contributed by atoms with van der Waals surface area (Å²) in [4.78, 5) is 4.41. The minimum atomic E-state index is 0.253. The highest BCUT2D eigenvalue weighted by atomic mass is 16.3. The summed E-state index contributed by atoms with van der Waals surface area (Å²) in [5.74, 6) is 1.04. The number of anilines is 3. The second kappa shape index (κ2) is 5.61. The van der Waals surface area contributed by atoms with Gasteiger partial charge in [0.15, 0.2) is 5.82 Å². The van der Waals surface area contributed by atoms with Gasteiger partial charge in [0.1, 0.15) is 5.75 Å². The summed E-state index contributed by atoms with van der Waals surface area (Å²) in [5.41, 5.74) is 2.98. The van der Waals surface area contributed by atoms with Crippen molar-refractivity contribution in [1.29, 1.82) is 0 Å². The quantitative estimate of drug-likeness (QED) is 0.732. The van der Waals surface area contributed by atoms with E-state index in [1.807, 2.05) is 25.3 Å². The lowest BCUT2D eigenvalue weighted by molar-refractivity contribution is 0.475. The van der Waals surface area contributed by atoms with Crippen LogP contribution in [-0.2, 0) is 0 Å². The Morgan fingerprint density at radius 1 is 1.16 bits per heavy atom. The number of phenols is 1. The summed E-state index contributed by atoms with van der Waals surface area (Å²) in [6, 6.07) is 9.32. The molecule has 0 spiro atoms. The number of pyridine rings is 1. The van der Waals surface area contributed by atoms with Crippen molar-refractivity contribution in [3.63, 3.8) is 0 Å². The third-order valence-corrected chi connectivity index (χ3v) is 2.60. The number of aromatic nitrogens is 1. The standard InChI is InChI=1S/C15H19N3O/c1-10(2)17-14-8-11(3)9-16-15(14)18-12-4-6-13(19)7-5-12/h4-10,17,19H,1-3H3,(H,16,18). The van der Waals surface area contributed by atoms with Crippen molar-refractivity contribution in [2.24, 2.45) is 0 Å². The van der Waals surface area contributed by atoms with E-state index in [-0.39, 0.29) is 5.75 Å². The van der Waals surface area contributed by atoms with Gasteiger partial charge in [0.05, 0.1) is 5.69 Å². The van der Waals surface area contributed by atoms with Crippen LogP contribution in [0.4, 0.5) is 17.2 Å². The van der Waals surface area contributed by atoms with Crippen molar-refractivity contribution >= 4 is 17.2 Å². The predicted octanol–water partition coefficient (Wildman–Crippen LogP) is 3.66. The normalized spacial score (nSPS) is 10.5. The molecular formula is C15H19N3O. The highest BCUT2D eigenvalue weighted by Gasteiger charge is 2.06. The van der Waals surface area contributed by atoms with Crippen molar-refractivity contribution in [3.05, 3.63) is 42.1 Å². The lowest BCUT2D eigenvalue weighted by atomic mass is 10.2. The van der Waals surface area contributed by atoms with Gasteiger partial charge in [-0.3, -0.25) is 0 Å². The van der Waals surface area contributed by atoms with Crippen LogP contribution in [0.15, 0.2) is 36.5 Å². The van der Waals surface area contributed by atoms with Gasteiger partial charge in [-0.1, -0.05) is 0 Å². The Hall–Kier alpha value is -2.23. The number of hydrogen-bond donors (Lipinski definition) is 3. The molecule has 0 fully saturated rings. The number of hydrogen-bond acceptors (Lipinski definition) is 4. The average molecular weight is 257 g/mol. The van der Waals surface area contributed by atoms with Gasteiger partial charge in [-0.2, -0.15) is 0 Å². The van der Waals surface area contributed by atoms with Crippen LogP contribution in [0.5, 0.6) is 5.75 Å². The van der Waals surface area contributed by atoms with E-state index in [0.29, 0.717) is 6.04 Å². The highest BCUT2D eigenvalue weighted by molar-refractivity contribution is 5.71. The zero-order chi connectivity index (χ0) is 13.8. The van der Waals surface area contributed by atoms with E-state index in [1.165, 1.54) is 0 Å². The molecule has 2 aromatic rings. The molecule has 1 heterocycles. The van der Waals surface area contributed by atoms with E-state index in [9.17, 15) is 5.11 Å². The topological polar surface area (TPSA) is 57.2 Å². The molecule has 0 amide bonds. The van der Waals surface area contributed by atoms with Crippen LogP contribution in [0.1, 0.15) is 19.4 Å². The summed E-state index contributed by atoms with van der Waals surface area (Å²) in [6.45, 7) is 6.20. The Bertz CT molecular complexity index is 550. The molecule has 0 aliphatic rings. The molecule has 3 N–H and O–H groups in total. The van der Waals surface area contributed by atoms with E-state index >= 15 is 0 Å². The van der Waals surface area contributed by atoms with Gasteiger partial charge in [-0.05, 0) is 56.7 Å². The molecule has 100 valence electrons. The minimum Gasteiger partial charge on any atom is -0.508 e. The SMILES string of the molecule is Cc1cnc(Nc2ccc(O)cc2)c(NC(C)C)c1. The van der Waals surface area contributed by atoms with Gasteiger partial charge in [0.2, 0.25) is 0 Å². The zero-order valence-electron chi connectivity index (χ0n) is 11.4. The molecule has 4 nitrogen and oxygen atoms in total. The van der Waals surface area contributed by atoms with Crippen LogP contribution < -0.4 is 10.6 Å². The molecule has 2 rings (SSSR count). The number of nitrogens with one attached hydrogen (secondary N) is 2. The summed E-state index contributed by atoms with van der Waals surface area (Å²) < 4.78 is 0. The van der Waals surface area contributed by atoms with Crippen molar-refractivity contribution in [2.75, 3.05) is 10.6 Å². The van der Waals surface area contributed by atoms with Crippen LogP contribution in [0.25, 0.3) is 0 Å². The Kier molecular flexibility index (Phi) is 3.90. The monoisotopic (exact) mass is 257 g/mol. The van der Waals surface area contributed by atoms with Gasteiger partial charge >= 0.3 is 0 Å². The number of benzene rings is 1. The van der Waals surface area contributed by atoms with Crippen molar-refractivity contribution < 1.29 is 5.11 Å². The maximum absolute atomic E-state index is 9.28. The number of phenolic OH excluding ortho intramolecular Hbond substituents is 1. The Morgan fingerprint density at radius 3 is 2.47 bits per heavy atom. The van der Waals surface area contributed by atoms with E-state index < -0.39 is 0 Å². The van der Waals surface area contributed by atoms with Crippen LogP contribution in [-0.4, -0.2) is 16.1 Å². The van der Waals surface area contributed by atoms with Crippen molar-refractivity contribution in [3.8, 4) is 5.75 Å². The lowest BCUT2D eigenvalue weighted by Gasteiger charge is -2.16. The fourth-order valence-electron chi connectivity index (χ4n) is 1.77. The second-order valence-corrected chi connectivity index (χ2v) is 4.88. The van der Waals surface area contributed by atoms with Crippen LogP contribution in [0, 0.1) is 6.92 Å². The average Bonchev–Trinajstić information content (AvgIpc) is 2.34. The molecule has 1 aromatic heterocycles. The second-order valence-electron chi connectivity index (χ2n) is 4.88. The highest BCUT2D eigenvalue weighted by Crippen LogP contribution is 2.25. The van der Waals surface area contributed by atoms with E-state index in [0.717, 1.165) is 22.8 Å². The van der Waals surface area contributed by atoms with E-state index in [4.69, 9.17) is 0 Å². The van der Waals surface area contributed by atoms with E-state index in [2.05, 4.69) is 35.5 Å². The van der Waals surface area contributed by atoms with Gasteiger partial charge in [0.25, 0.3) is 0 Å². The summed E-state index contributed by atoms with van der Waals surface area (Å²) in [7, 11) is 0. The molecule has 0 aliphatic carbocycles. The molecule has 0 saturated heterocycles. The first-order chi connectivity index (χ1) is 9.04. The summed E-state index contributed by atoms with van der Waals surface area (Å²) >= 11 is 0. The Labute approximate surface area is 113 Å². The van der Waals surface area contributed by atoms with E-state index in [1.54, 1.807) is 12.1 Å². The third kappa shape index (κ3) is 3.61. The van der Waals surface area contributed by atoms with Gasteiger partial charge in [-0.25, -0.2) is 4.98 Å². The number of rotatable bonds is 4. The number of nitrogens with zero attached hydrogens (tertiary/aromatic N) is 1. The molecule has 0 atom stereocenters. The molecule has 0 bridgehead atoms. The van der Waals surface area contributed by atoms with Crippen molar-refractivity contribution in [1.82, 2.24) is 4.98 Å². The minimum absolute atomic E-state index is 0.253.